The van der Waals surface area contributed by atoms with Crippen LogP contribution in [0, 0.1) is 0 Å². The number of nitrogens with two attached hydrogens (primary N) is 1. The highest BCUT2D eigenvalue weighted by molar-refractivity contribution is 7.14. The van der Waals surface area contributed by atoms with Gasteiger partial charge in [0.2, 0.25) is 5.91 Å². The highest BCUT2D eigenvalue weighted by Gasteiger charge is 2.30. The average molecular weight is 372 g/mol. The van der Waals surface area contributed by atoms with Crippen LogP contribution in [0.15, 0.2) is 35.7 Å². The Morgan fingerprint density at radius 3 is 2.50 bits per heavy atom. The van der Waals surface area contributed by atoms with Gasteiger partial charge in [-0.3, -0.25) is 14.5 Å². The van der Waals surface area contributed by atoms with Gasteiger partial charge in [0.05, 0.1) is 12.1 Å². The molecule has 1 aromatic carbocycles. The summed E-state index contributed by atoms with van der Waals surface area (Å²) in [7, 11) is 0. The first kappa shape index (κ1) is 18.6. The van der Waals surface area contributed by atoms with Gasteiger partial charge < -0.3 is 11.1 Å². The second kappa shape index (κ2) is 8.01. The third-order valence-corrected chi connectivity index (χ3v) is 5.46. The second-order valence-corrected chi connectivity index (χ2v) is 8.02. The lowest BCUT2D eigenvalue weighted by molar-refractivity contribution is -0.117. The van der Waals surface area contributed by atoms with Crippen molar-refractivity contribution in [3.63, 3.8) is 0 Å². The largest absolute Gasteiger partial charge is 0.366 e. The summed E-state index contributed by atoms with van der Waals surface area (Å²) in [6.07, 6.45) is 2.26. The van der Waals surface area contributed by atoms with Crippen LogP contribution in [0.2, 0.25) is 0 Å². The zero-order valence-corrected chi connectivity index (χ0v) is 16.0. The van der Waals surface area contributed by atoms with Crippen molar-refractivity contribution in [1.29, 1.82) is 0 Å². The van der Waals surface area contributed by atoms with E-state index in [2.05, 4.69) is 48.3 Å². The molecule has 0 spiro atoms. The molecule has 1 aliphatic rings. The van der Waals surface area contributed by atoms with Gasteiger partial charge in [-0.25, -0.2) is 0 Å². The first-order valence-corrected chi connectivity index (χ1v) is 9.82. The summed E-state index contributed by atoms with van der Waals surface area (Å²) in [6, 6.07) is 10.7. The molecule has 6 heteroatoms. The van der Waals surface area contributed by atoms with Crippen molar-refractivity contribution in [1.82, 2.24) is 4.90 Å². The highest BCUT2D eigenvalue weighted by Crippen LogP contribution is 2.29. The molecule has 0 atom stereocenters. The number of rotatable bonds is 8. The molecule has 26 heavy (non-hydrogen) atoms. The van der Waals surface area contributed by atoms with Crippen molar-refractivity contribution in [3.8, 4) is 0 Å². The number of anilines is 1. The van der Waals surface area contributed by atoms with Crippen LogP contribution < -0.4 is 11.1 Å². The number of nitrogens with zero attached hydrogens (tertiary/aromatic N) is 1. The SMILES string of the molecule is CC(C)c1ccc(CN(CC(=O)Nc2sccc2C(N)=O)C2CC2)cc1. The summed E-state index contributed by atoms with van der Waals surface area (Å²) >= 11 is 1.31. The molecule has 0 unspecified atom stereocenters. The van der Waals surface area contributed by atoms with Crippen molar-refractivity contribution in [2.24, 2.45) is 5.73 Å². The Bertz CT molecular complexity index is 779. The Kier molecular flexibility index (Phi) is 5.74. The van der Waals surface area contributed by atoms with Crippen molar-refractivity contribution in [2.75, 3.05) is 11.9 Å². The van der Waals surface area contributed by atoms with E-state index in [0.717, 1.165) is 19.4 Å². The lowest BCUT2D eigenvalue weighted by Crippen LogP contribution is -2.34. The van der Waals surface area contributed by atoms with Crippen LogP contribution in [-0.4, -0.2) is 29.3 Å². The van der Waals surface area contributed by atoms with Gasteiger partial charge in [0.1, 0.15) is 5.00 Å². The quantitative estimate of drug-likeness (QED) is 0.745. The van der Waals surface area contributed by atoms with Crippen LogP contribution in [0.25, 0.3) is 0 Å². The second-order valence-electron chi connectivity index (χ2n) is 7.11. The number of carbonyl (C=O) groups is 2. The average Bonchev–Trinajstić information content (AvgIpc) is 3.34. The lowest BCUT2D eigenvalue weighted by Gasteiger charge is -2.21. The molecule has 0 bridgehead atoms. The first-order valence-electron chi connectivity index (χ1n) is 8.94. The first-order chi connectivity index (χ1) is 12.4. The molecule has 3 rings (SSSR count). The molecule has 138 valence electrons. The van der Waals surface area contributed by atoms with E-state index in [1.165, 1.54) is 22.5 Å². The molecule has 1 saturated carbocycles. The smallest absolute Gasteiger partial charge is 0.251 e. The number of hydrogen-bond donors (Lipinski definition) is 2. The summed E-state index contributed by atoms with van der Waals surface area (Å²) < 4.78 is 0. The van der Waals surface area contributed by atoms with Gasteiger partial charge in [0.25, 0.3) is 5.91 Å². The molecule has 1 aromatic heterocycles. The van der Waals surface area contributed by atoms with Crippen molar-refractivity contribution < 1.29 is 9.59 Å². The van der Waals surface area contributed by atoms with E-state index < -0.39 is 5.91 Å². The number of carbonyl (C=O) groups excluding carboxylic acids is 2. The van der Waals surface area contributed by atoms with Gasteiger partial charge >= 0.3 is 0 Å². The molecular formula is C20H25N3O2S. The van der Waals surface area contributed by atoms with E-state index in [4.69, 9.17) is 5.73 Å². The van der Waals surface area contributed by atoms with E-state index >= 15 is 0 Å². The van der Waals surface area contributed by atoms with Crippen LogP contribution in [0.1, 0.15) is 54.1 Å². The minimum absolute atomic E-state index is 0.111. The molecule has 1 aliphatic carbocycles. The Balaban J connectivity index is 1.62. The molecule has 1 fully saturated rings. The van der Waals surface area contributed by atoms with E-state index in [0.29, 0.717) is 29.1 Å². The van der Waals surface area contributed by atoms with Crippen molar-refractivity contribution in [2.45, 2.75) is 45.2 Å². The topological polar surface area (TPSA) is 75.4 Å². The van der Waals surface area contributed by atoms with Crippen LogP contribution in [-0.2, 0) is 11.3 Å². The third kappa shape index (κ3) is 4.71. The predicted octanol–water partition coefficient (Wildman–Crippen LogP) is 3.57. The third-order valence-electron chi connectivity index (χ3n) is 4.63. The molecule has 0 saturated heterocycles. The molecule has 2 aromatic rings. The highest BCUT2D eigenvalue weighted by atomic mass is 32.1. The van der Waals surface area contributed by atoms with Crippen LogP contribution in [0.3, 0.4) is 0 Å². The van der Waals surface area contributed by atoms with E-state index in [1.54, 1.807) is 11.4 Å². The normalized spacial score (nSPS) is 14.0. The molecular weight excluding hydrogens is 346 g/mol. The fraction of sp³-hybridized carbons (Fsp3) is 0.400. The Hall–Kier alpha value is -2.18. The fourth-order valence-corrected chi connectivity index (χ4v) is 3.76. The number of amides is 2. The maximum absolute atomic E-state index is 12.5. The Morgan fingerprint density at radius 2 is 1.92 bits per heavy atom. The van der Waals surface area contributed by atoms with Crippen molar-refractivity contribution in [3.05, 3.63) is 52.4 Å². The minimum Gasteiger partial charge on any atom is -0.366 e. The summed E-state index contributed by atoms with van der Waals surface area (Å²) in [5.74, 6) is -0.119. The van der Waals surface area contributed by atoms with Gasteiger partial charge in [0, 0.05) is 12.6 Å². The molecule has 0 radical (unpaired) electrons. The zero-order valence-electron chi connectivity index (χ0n) is 15.2. The fourth-order valence-electron chi connectivity index (χ4n) is 2.95. The van der Waals surface area contributed by atoms with Gasteiger partial charge in [-0.1, -0.05) is 38.1 Å². The minimum atomic E-state index is -0.522. The molecule has 5 nitrogen and oxygen atoms in total. The monoisotopic (exact) mass is 371 g/mol. The Morgan fingerprint density at radius 1 is 1.23 bits per heavy atom. The molecule has 2 amide bonds. The van der Waals surface area contributed by atoms with Crippen LogP contribution >= 0.6 is 11.3 Å². The maximum atomic E-state index is 12.5. The van der Waals surface area contributed by atoms with Gasteiger partial charge in [-0.05, 0) is 41.3 Å². The molecule has 1 heterocycles. The summed E-state index contributed by atoms with van der Waals surface area (Å²) in [5, 5.41) is 5.11. The standard InChI is InChI=1S/C20H25N3O2S/c1-13(2)15-5-3-14(4-6-15)11-23(16-7-8-16)12-18(24)22-20-17(19(21)25)9-10-26-20/h3-6,9-10,13,16H,7-8,11-12H2,1-2H3,(H2,21,25)(H,22,24). The van der Waals surface area contributed by atoms with Gasteiger partial charge in [-0.2, -0.15) is 0 Å². The zero-order chi connectivity index (χ0) is 18.7. The van der Waals surface area contributed by atoms with E-state index in [-0.39, 0.29) is 5.91 Å². The lowest BCUT2D eigenvalue weighted by atomic mass is 10.0. The van der Waals surface area contributed by atoms with E-state index in [9.17, 15) is 9.59 Å². The maximum Gasteiger partial charge on any atom is 0.251 e. The summed E-state index contributed by atoms with van der Waals surface area (Å²) in [6.45, 7) is 5.43. The number of primary amides is 1. The number of hydrogen-bond acceptors (Lipinski definition) is 4. The van der Waals surface area contributed by atoms with Crippen LogP contribution in [0.4, 0.5) is 5.00 Å². The predicted molar refractivity (Wildman–Crippen MR) is 105 cm³/mol. The molecule has 3 N–H and O–H groups in total. The van der Waals surface area contributed by atoms with E-state index in [1.807, 2.05) is 0 Å². The van der Waals surface area contributed by atoms with Crippen LogP contribution in [0.5, 0.6) is 0 Å². The molecule has 0 aliphatic heterocycles. The van der Waals surface area contributed by atoms with Gasteiger partial charge in [0.15, 0.2) is 0 Å². The number of benzene rings is 1. The number of thiophene rings is 1. The summed E-state index contributed by atoms with van der Waals surface area (Å²) in [5.41, 5.74) is 8.23. The number of nitrogens with one attached hydrogen (secondary N) is 1. The Labute approximate surface area is 158 Å². The van der Waals surface area contributed by atoms with Gasteiger partial charge in [-0.15, -0.1) is 11.3 Å². The van der Waals surface area contributed by atoms with Crippen molar-refractivity contribution >= 4 is 28.2 Å². The summed E-state index contributed by atoms with van der Waals surface area (Å²) in [4.78, 5) is 26.1.